The van der Waals surface area contributed by atoms with E-state index in [4.69, 9.17) is 0 Å². The number of hydrogen-bond donors (Lipinski definition) is 0. The maximum atomic E-state index is 3.11. The van der Waals surface area contributed by atoms with Crippen molar-refractivity contribution in [3.05, 3.63) is 170 Å². The van der Waals surface area contributed by atoms with Crippen molar-refractivity contribution in [2.24, 2.45) is 0 Å². The van der Waals surface area contributed by atoms with Crippen LogP contribution in [0.3, 0.4) is 0 Å². The quantitative estimate of drug-likeness (QED) is 0.0930. The van der Waals surface area contributed by atoms with Gasteiger partial charge in [0.2, 0.25) is 0 Å². The van der Waals surface area contributed by atoms with Crippen molar-refractivity contribution in [1.29, 1.82) is 0 Å². The molecule has 0 unspecified atom stereocenters. The molecule has 6 rings (SSSR count). The van der Waals surface area contributed by atoms with E-state index in [1.54, 1.807) is 0 Å². The zero-order valence-electron chi connectivity index (χ0n) is 21.6. The van der Waals surface area contributed by atoms with Crippen LogP contribution in [0.1, 0.15) is 0 Å². The minimum atomic E-state index is -0.834. The van der Waals surface area contributed by atoms with Crippen molar-refractivity contribution in [2.45, 2.75) is 0 Å². The molecule has 0 amide bonds. The second-order valence-electron chi connectivity index (χ2n) is 8.61. The van der Waals surface area contributed by atoms with Crippen LogP contribution in [0.25, 0.3) is 0 Å². The van der Waals surface area contributed by atoms with Gasteiger partial charge in [-0.15, -0.1) is 24.3 Å². The van der Waals surface area contributed by atoms with Crippen molar-refractivity contribution >= 4 is 74.5 Å². The topological polar surface area (TPSA) is 0 Å². The SMILES string of the molecule is [Br][Pd][Br].[Fe].c1ccc([PH+](c2ccccc2)[c-]2cccc2)cc1.c1ccc([PH+](c2ccccc2)[c-]2cccc2)cc1. The predicted octanol–water partition coefficient (Wildman–Crippen LogP) is 7.48. The van der Waals surface area contributed by atoms with Gasteiger partial charge >= 0.3 is 40.8 Å². The number of halogens is 2. The average molecular weight is 823 g/mol. The van der Waals surface area contributed by atoms with Crippen LogP contribution in [0.4, 0.5) is 0 Å². The van der Waals surface area contributed by atoms with E-state index in [1.807, 2.05) is 0 Å². The number of rotatable bonds is 6. The average Bonchev–Trinajstić information content (AvgIpc) is 3.72. The monoisotopic (exact) mass is 820 g/mol. The molecule has 0 aliphatic carbocycles. The van der Waals surface area contributed by atoms with E-state index in [9.17, 15) is 0 Å². The summed E-state index contributed by atoms with van der Waals surface area (Å²) in [6.45, 7) is 0. The minimum Gasteiger partial charge on any atom is -0.210 e. The summed E-state index contributed by atoms with van der Waals surface area (Å²) in [5, 5.41) is 8.69. The molecule has 0 bridgehead atoms. The first-order valence-corrected chi connectivity index (χ1v) is 22.6. The van der Waals surface area contributed by atoms with Crippen LogP contribution in [-0.2, 0) is 31.0 Å². The molecule has 0 aliphatic heterocycles. The second-order valence-corrected chi connectivity index (χ2v) is 20.7. The number of hydrogen-bond acceptors (Lipinski definition) is 0. The van der Waals surface area contributed by atoms with Crippen molar-refractivity contribution in [3.63, 3.8) is 0 Å². The first-order valence-electron chi connectivity index (χ1n) is 12.5. The van der Waals surface area contributed by atoms with Crippen LogP contribution in [0, 0.1) is 0 Å². The van der Waals surface area contributed by atoms with Crippen molar-refractivity contribution in [1.82, 2.24) is 0 Å². The predicted molar refractivity (Wildman–Crippen MR) is 182 cm³/mol. The molecule has 0 aromatic heterocycles. The zero-order chi connectivity index (χ0) is 27.1. The van der Waals surface area contributed by atoms with Crippen LogP contribution < -0.4 is 31.8 Å². The molecule has 0 N–H and O–H groups in total. The molecule has 6 aromatic rings. The van der Waals surface area contributed by atoms with Crippen molar-refractivity contribution < 1.29 is 31.0 Å². The van der Waals surface area contributed by atoms with Gasteiger partial charge in [0.1, 0.15) is 0 Å². The summed E-state index contributed by atoms with van der Waals surface area (Å²) in [6, 6.07) is 60.8. The van der Waals surface area contributed by atoms with Gasteiger partial charge in [0, 0.05) is 32.9 Å². The molecule has 0 atom stereocenters. The Morgan fingerprint density at radius 2 is 0.575 bits per heavy atom. The summed E-state index contributed by atoms with van der Waals surface area (Å²) >= 11 is 6.80. The molecule has 0 radical (unpaired) electrons. The van der Waals surface area contributed by atoms with Gasteiger partial charge in [0.15, 0.2) is 0 Å². The van der Waals surface area contributed by atoms with Crippen LogP contribution >= 0.6 is 42.7 Å². The largest absolute Gasteiger partial charge is 0.210 e. The fraction of sp³-hybridized carbons (Fsp3) is 0. The van der Waals surface area contributed by atoms with Crippen LogP contribution in [-0.4, -0.2) is 0 Å². The van der Waals surface area contributed by atoms with Gasteiger partial charge in [-0.2, -0.15) is 0 Å². The molecule has 40 heavy (non-hydrogen) atoms. The maximum absolute atomic E-state index is 3.11. The van der Waals surface area contributed by atoms with Gasteiger partial charge in [0.25, 0.3) is 0 Å². The zero-order valence-corrected chi connectivity index (χ0v) is 29.4. The molecule has 6 heteroatoms. The smallest absolute Gasteiger partial charge is 0.0908 e. The van der Waals surface area contributed by atoms with Gasteiger partial charge in [-0.3, -0.25) is 0 Å². The van der Waals surface area contributed by atoms with E-state index < -0.39 is 15.8 Å². The van der Waals surface area contributed by atoms with Gasteiger partial charge in [-0.25, -0.2) is 24.3 Å². The summed E-state index contributed by atoms with van der Waals surface area (Å²) in [5.74, 6) is 0. The van der Waals surface area contributed by atoms with E-state index in [0.29, 0.717) is 13.9 Å². The van der Waals surface area contributed by atoms with Gasteiger partial charge in [-0.1, -0.05) is 72.8 Å². The van der Waals surface area contributed by atoms with Gasteiger partial charge in [0.05, 0.1) is 21.2 Å². The Hall–Kier alpha value is -1.42. The van der Waals surface area contributed by atoms with Gasteiger partial charge < -0.3 is 0 Å². The maximum Gasteiger partial charge on any atom is 0.0908 e. The Morgan fingerprint density at radius 3 is 0.775 bits per heavy atom. The summed E-state index contributed by atoms with van der Waals surface area (Å²) in [6.07, 6.45) is 0. The normalized spacial score (nSPS) is 10.2. The van der Waals surface area contributed by atoms with E-state index >= 15 is 0 Å². The molecule has 0 saturated heterocycles. The Kier molecular flexibility index (Phi) is 15.6. The van der Waals surface area contributed by atoms with Crippen LogP contribution in [0.5, 0.6) is 0 Å². The molecule has 0 spiro atoms. The summed E-state index contributed by atoms with van der Waals surface area (Å²) < 4.78 is 0. The van der Waals surface area contributed by atoms with Crippen molar-refractivity contribution in [2.75, 3.05) is 0 Å². The third-order valence-electron chi connectivity index (χ3n) is 6.15. The Labute approximate surface area is 273 Å². The molecule has 208 valence electrons. The van der Waals surface area contributed by atoms with Crippen molar-refractivity contribution in [3.8, 4) is 0 Å². The van der Waals surface area contributed by atoms with Crippen LogP contribution in [0.15, 0.2) is 170 Å². The minimum absolute atomic E-state index is 0. The fourth-order valence-electron chi connectivity index (χ4n) is 4.50. The summed E-state index contributed by atoms with van der Waals surface area (Å²) in [4.78, 5) is 0. The Balaban J connectivity index is 0.000000197. The third-order valence-corrected chi connectivity index (χ3v) is 11.6. The van der Waals surface area contributed by atoms with E-state index in [1.165, 1.54) is 31.8 Å². The Bertz CT molecular complexity index is 1240. The molecule has 0 fully saturated rings. The molecule has 6 aromatic carbocycles. The van der Waals surface area contributed by atoms with E-state index in [0.717, 1.165) is 0 Å². The first kappa shape index (κ1) is 33.1. The fourth-order valence-corrected chi connectivity index (χ4v) is 9.66. The number of benzene rings is 4. The summed E-state index contributed by atoms with van der Waals surface area (Å²) in [5.41, 5.74) is 0. The standard InChI is InChI=1S/2C17H15P.2BrH.Fe.Pd/c2*1-3-9-15(10-4-1)18(17-13-7-8-14-17)16-11-5-2-6-12-16;;;;/h2*1-14,18H;2*1H;;/q;;;;;+2/p-2. The molecular formula is C34H30Br2FeP2Pd. The van der Waals surface area contributed by atoms with Gasteiger partial charge in [-0.05, 0) is 59.1 Å². The second kappa shape index (κ2) is 18.9. The van der Waals surface area contributed by atoms with E-state index in [2.05, 4.69) is 197 Å². The third kappa shape index (κ3) is 9.85. The Morgan fingerprint density at radius 1 is 0.375 bits per heavy atom. The van der Waals surface area contributed by atoms with Crippen LogP contribution in [0.2, 0.25) is 0 Å². The molecule has 0 saturated carbocycles. The molecular weight excluding hydrogens is 792 g/mol. The molecule has 0 aliphatic rings. The summed E-state index contributed by atoms with van der Waals surface area (Å²) in [7, 11) is -1.67. The molecule has 0 heterocycles. The van der Waals surface area contributed by atoms with E-state index in [-0.39, 0.29) is 17.1 Å². The first-order chi connectivity index (χ1) is 19.3. The molecule has 0 nitrogen and oxygen atoms in total.